The standard InChI is InChI=1S/C17H16N2/c1-3-7-13(8-4-1)15-17-16(19(17)12-11-18-15)14-9-5-2-6-10-14/h1-10,16-17H,11-12H2/p+1/t16-,17+,19?/m0/s1. The van der Waals surface area contributed by atoms with Gasteiger partial charge in [-0.3, -0.25) is 4.99 Å². The molecular formula is C17H17N2+. The second-order valence-corrected chi connectivity index (χ2v) is 5.32. The summed E-state index contributed by atoms with van der Waals surface area (Å²) in [6, 6.07) is 22.7. The van der Waals surface area contributed by atoms with Crippen molar-refractivity contribution in [3.8, 4) is 0 Å². The summed E-state index contributed by atoms with van der Waals surface area (Å²) >= 11 is 0. The van der Waals surface area contributed by atoms with Gasteiger partial charge in [-0.1, -0.05) is 60.7 Å². The molecule has 0 aliphatic carbocycles. The van der Waals surface area contributed by atoms with E-state index in [9.17, 15) is 0 Å². The summed E-state index contributed by atoms with van der Waals surface area (Å²) in [5, 5.41) is 0. The lowest BCUT2D eigenvalue weighted by Crippen LogP contribution is -2.96. The summed E-state index contributed by atoms with van der Waals surface area (Å²) < 4.78 is 0. The minimum absolute atomic E-state index is 0.568. The molecule has 1 unspecified atom stereocenters. The monoisotopic (exact) mass is 249 g/mol. The molecule has 0 amide bonds. The third kappa shape index (κ3) is 1.80. The van der Waals surface area contributed by atoms with Gasteiger partial charge in [0, 0.05) is 11.1 Å². The van der Waals surface area contributed by atoms with Gasteiger partial charge in [-0.2, -0.15) is 0 Å². The first-order valence-electron chi connectivity index (χ1n) is 6.95. The molecule has 2 aromatic carbocycles. The summed E-state index contributed by atoms with van der Waals surface area (Å²) in [7, 11) is 0. The molecule has 1 N–H and O–H groups in total. The Morgan fingerprint density at radius 1 is 0.842 bits per heavy atom. The average molecular weight is 249 g/mol. The predicted octanol–water partition coefficient (Wildman–Crippen LogP) is 1.50. The fraction of sp³-hybridized carbons (Fsp3) is 0.235. The van der Waals surface area contributed by atoms with Crippen LogP contribution in [0.4, 0.5) is 0 Å². The molecule has 0 aromatic heterocycles. The lowest BCUT2D eigenvalue weighted by atomic mass is 10.0. The van der Waals surface area contributed by atoms with Crippen molar-refractivity contribution in [2.45, 2.75) is 12.1 Å². The van der Waals surface area contributed by atoms with Crippen LogP contribution in [-0.4, -0.2) is 24.8 Å². The summed E-state index contributed by atoms with van der Waals surface area (Å²) in [5.74, 6) is 0. The Bertz CT molecular complexity index is 604. The third-order valence-electron chi connectivity index (χ3n) is 4.23. The molecule has 94 valence electrons. The molecule has 2 aliphatic heterocycles. The number of nitrogens with zero attached hydrogens (tertiary/aromatic N) is 1. The lowest BCUT2D eigenvalue weighted by Gasteiger charge is -2.08. The summed E-state index contributed by atoms with van der Waals surface area (Å²) in [4.78, 5) is 6.47. The van der Waals surface area contributed by atoms with Crippen LogP contribution in [0.1, 0.15) is 17.2 Å². The molecule has 0 spiro atoms. The number of rotatable bonds is 2. The molecule has 19 heavy (non-hydrogen) atoms. The molecule has 0 saturated carbocycles. The molecule has 0 radical (unpaired) electrons. The van der Waals surface area contributed by atoms with Crippen molar-refractivity contribution in [3.63, 3.8) is 0 Å². The normalized spacial score (nSPS) is 28.4. The number of nitrogens with one attached hydrogen (secondary N) is 1. The van der Waals surface area contributed by atoms with E-state index in [-0.39, 0.29) is 0 Å². The molecular weight excluding hydrogens is 232 g/mol. The van der Waals surface area contributed by atoms with Gasteiger partial charge in [0.25, 0.3) is 0 Å². The number of fused-ring (bicyclic) bond motifs is 1. The van der Waals surface area contributed by atoms with Gasteiger partial charge in [-0.25, -0.2) is 0 Å². The van der Waals surface area contributed by atoms with Gasteiger partial charge in [0.2, 0.25) is 0 Å². The predicted molar refractivity (Wildman–Crippen MR) is 76.6 cm³/mol. The van der Waals surface area contributed by atoms with Gasteiger partial charge in [-0.05, 0) is 0 Å². The van der Waals surface area contributed by atoms with Crippen LogP contribution in [0.5, 0.6) is 0 Å². The molecule has 2 heterocycles. The molecule has 1 saturated heterocycles. The Balaban J connectivity index is 1.67. The minimum Gasteiger partial charge on any atom is -0.309 e. The Hall–Kier alpha value is -1.93. The van der Waals surface area contributed by atoms with Crippen molar-refractivity contribution in [1.82, 2.24) is 0 Å². The van der Waals surface area contributed by atoms with Crippen molar-refractivity contribution in [2.75, 3.05) is 13.1 Å². The third-order valence-corrected chi connectivity index (χ3v) is 4.23. The summed E-state index contributed by atoms with van der Waals surface area (Å²) in [6.07, 6.45) is 0. The molecule has 3 atom stereocenters. The van der Waals surface area contributed by atoms with Crippen molar-refractivity contribution in [3.05, 3.63) is 71.8 Å². The first kappa shape index (κ1) is 10.9. The molecule has 1 fully saturated rings. The average Bonchev–Trinajstić information content (AvgIpc) is 3.23. The topological polar surface area (TPSA) is 16.8 Å². The Morgan fingerprint density at radius 3 is 2.26 bits per heavy atom. The number of hydrogen-bond acceptors (Lipinski definition) is 1. The van der Waals surface area contributed by atoms with Gasteiger partial charge in [0.05, 0.1) is 13.1 Å². The van der Waals surface area contributed by atoms with Crippen molar-refractivity contribution >= 4 is 5.71 Å². The number of aliphatic imine (C=N–C) groups is 1. The fourth-order valence-electron chi connectivity index (χ4n) is 3.31. The molecule has 0 bridgehead atoms. The fourth-order valence-corrected chi connectivity index (χ4v) is 3.31. The highest BCUT2D eigenvalue weighted by molar-refractivity contribution is 6.05. The van der Waals surface area contributed by atoms with E-state index in [4.69, 9.17) is 4.99 Å². The van der Waals surface area contributed by atoms with Gasteiger partial charge >= 0.3 is 0 Å². The second-order valence-electron chi connectivity index (χ2n) is 5.32. The van der Waals surface area contributed by atoms with E-state index in [1.807, 2.05) is 0 Å². The van der Waals surface area contributed by atoms with Crippen LogP contribution in [0, 0.1) is 0 Å². The molecule has 2 nitrogen and oxygen atoms in total. The van der Waals surface area contributed by atoms with E-state index in [0.29, 0.717) is 12.1 Å². The highest BCUT2D eigenvalue weighted by Crippen LogP contribution is 2.27. The van der Waals surface area contributed by atoms with E-state index in [1.165, 1.54) is 23.4 Å². The Morgan fingerprint density at radius 2 is 1.53 bits per heavy atom. The zero-order valence-corrected chi connectivity index (χ0v) is 10.8. The molecule has 2 aromatic rings. The van der Waals surface area contributed by atoms with E-state index < -0.39 is 0 Å². The Kier molecular flexibility index (Phi) is 2.49. The number of benzene rings is 2. The quantitative estimate of drug-likeness (QED) is 0.777. The van der Waals surface area contributed by atoms with Crippen LogP contribution < -0.4 is 4.90 Å². The van der Waals surface area contributed by atoms with Gasteiger partial charge in [-0.15, -0.1) is 0 Å². The zero-order valence-electron chi connectivity index (χ0n) is 10.8. The zero-order chi connectivity index (χ0) is 12.7. The van der Waals surface area contributed by atoms with Crippen LogP contribution in [-0.2, 0) is 0 Å². The number of hydrogen-bond donors (Lipinski definition) is 1. The van der Waals surface area contributed by atoms with Crippen LogP contribution >= 0.6 is 0 Å². The lowest BCUT2D eigenvalue weighted by molar-refractivity contribution is -0.785. The van der Waals surface area contributed by atoms with E-state index in [0.717, 1.165) is 6.54 Å². The van der Waals surface area contributed by atoms with Crippen LogP contribution in [0.2, 0.25) is 0 Å². The Labute approximate surface area is 113 Å². The highest BCUT2D eigenvalue weighted by atomic mass is 15.4. The van der Waals surface area contributed by atoms with Crippen LogP contribution in [0.3, 0.4) is 0 Å². The first-order valence-corrected chi connectivity index (χ1v) is 6.95. The van der Waals surface area contributed by atoms with Crippen molar-refractivity contribution in [2.24, 2.45) is 4.99 Å². The molecule has 4 rings (SSSR count). The van der Waals surface area contributed by atoms with E-state index >= 15 is 0 Å². The van der Waals surface area contributed by atoms with Gasteiger partial charge in [0.1, 0.15) is 5.71 Å². The number of quaternary nitrogens is 1. The summed E-state index contributed by atoms with van der Waals surface area (Å²) in [6.45, 7) is 2.12. The minimum atomic E-state index is 0.568. The molecule has 2 heteroatoms. The maximum absolute atomic E-state index is 4.79. The molecule has 2 aliphatic rings. The highest BCUT2D eigenvalue weighted by Gasteiger charge is 2.59. The van der Waals surface area contributed by atoms with Gasteiger partial charge in [0.15, 0.2) is 12.1 Å². The van der Waals surface area contributed by atoms with Crippen LogP contribution in [0.15, 0.2) is 65.7 Å². The van der Waals surface area contributed by atoms with Crippen molar-refractivity contribution < 1.29 is 4.90 Å². The van der Waals surface area contributed by atoms with Crippen molar-refractivity contribution in [1.29, 1.82) is 0 Å². The second kappa shape index (κ2) is 4.32. The van der Waals surface area contributed by atoms with E-state index in [1.54, 1.807) is 4.90 Å². The summed E-state index contributed by atoms with van der Waals surface area (Å²) in [5.41, 5.74) is 4.05. The SMILES string of the molecule is c1ccc(C2=NCC[NH+]3[C@H]2[C@@H]3c2ccccc2)cc1. The van der Waals surface area contributed by atoms with Gasteiger partial charge < -0.3 is 4.90 Å². The maximum Gasteiger partial charge on any atom is 0.188 e. The van der Waals surface area contributed by atoms with Crippen LogP contribution in [0.25, 0.3) is 0 Å². The maximum atomic E-state index is 4.79. The first-order chi connectivity index (χ1) is 9.45. The van der Waals surface area contributed by atoms with E-state index in [2.05, 4.69) is 60.7 Å². The smallest absolute Gasteiger partial charge is 0.188 e. The largest absolute Gasteiger partial charge is 0.309 e.